The molecule has 2 fully saturated rings. The number of hydrogen-bond donors (Lipinski definition) is 0. The molecule has 1 aliphatic carbocycles. The van der Waals surface area contributed by atoms with Crippen molar-refractivity contribution in [2.45, 2.75) is 74.8 Å². The molecule has 2 aliphatic rings. The number of hydrogen-bond acceptors (Lipinski definition) is 8. The standard InChI is InChI=1S/C42H37F5N4O6S/c43-34-35(44)37(46)39(38(47)36(34)45)58(54,55)51-23-22-42(51,57-26-28-12-6-2-7-13-28)41(53)50(24-31-18-21-33(49-48-31)29-14-8-3-9-15-29)32-19-16-30(17-20-32)40(52)56-25-27-10-4-1-5-11-27/h1-2,4-7,10-13,16-21,29H,3,8-9,14-15,22-26H2/t42-/m1/s1. The molecule has 0 unspecified atom stereocenters. The molecule has 1 atom stereocenters. The number of esters is 1. The van der Waals surface area contributed by atoms with Crippen molar-refractivity contribution in [1.29, 1.82) is 0 Å². The molecule has 16 heteroatoms. The van der Waals surface area contributed by atoms with Crippen molar-refractivity contribution >= 4 is 27.6 Å². The lowest BCUT2D eigenvalue weighted by Crippen LogP contribution is -2.70. The van der Waals surface area contributed by atoms with E-state index in [1.54, 1.807) is 66.7 Å². The minimum absolute atomic E-state index is 0.00379. The Labute approximate surface area is 331 Å². The van der Waals surface area contributed by atoms with Gasteiger partial charge in [0.2, 0.25) is 11.5 Å². The average molecular weight is 821 g/mol. The quantitative estimate of drug-likeness (QED) is 0.0506. The molecule has 1 saturated heterocycles. The monoisotopic (exact) mass is 820 g/mol. The molecule has 1 amide bonds. The summed E-state index contributed by atoms with van der Waals surface area (Å²) >= 11 is 0. The summed E-state index contributed by atoms with van der Waals surface area (Å²) in [5.74, 6) is -14.2. The minimum Gasteiger partial charge on any atom is -0.457 e. The van der Waals surface area contributed by atoms with Gasteiger partial charge in [0.1, 0.15) is 6.61 Å². The van der Waals surface area contributed by atoms with E-state index >= 15 is 13.6 Å². The van der Waals surface area contributed by atoms with Crippen LogP contribution in [-0.4, -0.2) is 47.1 Å². The van der Waals surface area contributed by atoms with E-state index in [-0.39, 0.29) is 42.4 Å². The molecule has 302 valence electrons. The van der Waals surface area contributed by atoms with Gasteiger partial charge in [0.05, 0.1) is 30.1 Å². The molecule has 0 radical (unpaired) electrons. The number of nitrogens with zero attached hydrogens (tertiary/aromatic N) is 4. The number of rotatable bonds is 13. The van der Waals surface area contributed by atoms with E-state index in [1.807, 2.05) is 6.07 Å². The number of carbonyl (C=O) groups is 2. The molecule has 5 aromatic rings. The molecule has 1 aromatic heterocycles. The summed E-state index contributed by atoms with van der Waals surface area (Å²) in [6, 6.07) is 26.3. The second-order valence-electron chi connectivity index (χ2n) is 14.1. The van der Waals surface area contributed by atoms with Crippen LogP contribution in [-0.2, 0) is 44.1 Å². The molecular formula is C42H37F5N4O6S. The van der Waals surface area contributed by atoms with Crippen LogP contribution in [0.2, 0.25) is 0 Å². The highest BCUT2D eigenvalue weighted by molar-refractivity contribution is 7.89. The van der Waals surface area contributed by atoms with Gasteiger partial charge in [-0.1, -0.05) is 79.9 Å². The normalized spacial score (nSPS) is 17.4. The fraction of sp³-hybridized carbons (Fsp3) is 0.286. The van der Waals surface area contributed by atoms with E-state index in [0.29, 0.717) is 9.87 Å². The van der Waals surface area contributed by atoms with E-state index in [1.165, 1.54) is 24.3 Å². The van der Waals surface area contributed by atoms with Gasteiger partial charge in [0.15, 0.2) is 28.2 Å². The second kappa shape index (κ2) is 17.1. The first kappa shape index (κ1) is 40.6. The molecule has 4 aromatic carbocycles. The van der Waals surface area contributed by atoms with E-state index in [2.05, 4.69) is 10.2 Å². The topological polar surface area (TPSA) is 119 Å². The first-order valence-electron chi connectivity index (χ1n) is 18.6. The number of benzene rings is 4. The largest absolute Gasteiger partial charge is 0.457 e. The smallest absolute Gasteiger partial charge is 0.338 e. The highest BCUT2D eigenvalue weighted by Crippen LogP contribution is 2.43. The van der Waals surface area contributed by atoms with Gasteiger partial charge in [-0.15, -0.1) is 0 Å². The molecule has 0 spiro atoms. The zero-order valence-electron chi connectivity index (χ0n) is 30.9. The van der Waals surface area contributed by atoms with E-state index in [0.717, 1.165) is 48.3 Å². The van der Waals surface area contributed by atoms with Gasteiger partial charge in [0, 0.05) is 24.6 Å². The lowest BCUT2D eigenvalue weighted by Gasteiger charge is -2.50. The molecule has 0 N–H and O–H groups in total. The number of ether oxygens (including phenoxy) is 2. The van der Waals surface area contributed by atoms with Crippen LogP contribution in [0.1, 0.15) is 77.3 Å². The minimum atomic E-state index is -5.66. The van der Waals surface area contributed by atoms with Gasteiger partial charge >= 0.3 is 5.97 Å². The first-order valence-corrected chi connectivity index (χ1v) is 20.0. The number of anilines is 1. The summed E-state index contributed by atoms with van der Waals surface area (Å²) < 4.78 is 113. The van der Waals surface area contributed by atoms with Crippen molar-refractivity contribution in [2.24, 2.45) is 0 Å². The zero-order chi connectivity index (χ0) is 41.0. The predicted molar refractivity (Wildman–Crippen MR) is 200 cm³/mol. The van der Waals surface area contributed by atoms with Crippen molar-refractivity contribution < 1.29 is 49.4 Å². The van der Waals surface area contributed by atoms with Crippen LogP contribution in [0.15, 0.2) is 102 Å². The van der Waals surface area contributed by atoms with Gasteiger partial charge < -0.3 is 14.4 Å². The maximum atomic E-state index is 15.1. The van der Waals surface area contributed by atoms with Crippen molar-refractivity contribution in [2.75, 3.05) is 11.4 Å². The third-order valence-electron chi connectivity index (χ3n) is 10.4. The Kier molecular flexibility index (Phi) is 12.0. The summed E-state index contributed by atoms with van der Waals surface area (Å²) in [6.45, 7) is -1.32. The summed E-state index contributed by atoms with van der Waals surface area (Å²) in [6.07, 6.45) is 4.78. The van der Waals surface area contributed by atoms with Crippen LogP contribution in [0.4, 0.5) is 27.6 Å². The van der Waals surface area contributed by atoms with Crippen LogP contribution in [0.3, 0.4) is 0 Å². The SMILES string of the molecule is O=C(OCc1ccccc1)c1ccc(N(Cc2ccc(C3CCCCC3)nn2)C(=O)[C@]2(OCc3ccccc3)CCN2S(=O)(=O)c2c(F)c(F)c(F)c(F)c2F)cc1. The predicted octanol–water partition coefficient (Wildman–Crippen LogP) is 8.12. The highest BCUT2D eigenvalue weighted by atomic mass is 32.2. The Morgan fingerprint density at radius 2 is 1.31 bits per heavy atom. The number of aromatic nitrogens is 2. The van der Waals surface area contributed by atoms with Gasteiger partial charge in [-0.3, -0.25) is 4.79 Å². The molecule has 58 heavy (non-hydrogen) atoms. The lowest BCUT2D eigenvalue weighted by molar-refractivity contribution is -0.194. The van der Waals surface area contributed by atoms with E-state index in [4.69, 9.17) is 9.47 Å². The summed E-state index contributed by atoms with van der Waals surface area (Å²) in [4.78, 5) is 27.0. The van der Waals surface area contributed by atoms with Gasteiger partial charge in [-0.25, -0.2) is 35.2 Å². The molecule has 2 heterocycles. The van der Waals surface area contributed by atoms with Crippen LogP contribution < -0.4 is 4.90 Å². The summed E-state index contributed by atoms with van der Waals surface area (Å²) in [5.41, 5.74) is -0.0375. The van der Waals surface area contributed by atoms with Crippen LogP contribution in [0.25, 0.3) is 0 Å². The van der Waals surface area contributed by atoms with Crippen LogP contribution in [0, 0.1) is 29.1 Å². The zero-order valence-corrected chi connectivity index (χ0v) is 31.7. The van der Waals surface area contributed by atoms with Crippen LogP contribution in [0.5, 0.6) is 0 Å². The van der Waals surface area contributed by atoms with Gasteiger partial charge in [0.25, 0.3) is 15.9 Å². The van der Waals surface area contributed by atoms with Gasteiger partial charge in [-0.05, 0) is 60.4 Å². The fourth-order valence-electron chi connectivity index (χ4n) is 7.15. The molecule has 7 rings (SSSR count). The third kappa shape index (κ3) is 8.08. The van der Waals surface area contributed by atoms with Crippen molar-refractivity contribution in [1.82, 2.24) is 14.5 Å². The average Bonchev–Trinajstić information content (AvgIpc) is 3.24. The Hall–Kier alpha value is -5.58. The number of halogens is 5. The van der Waals surface area contributed by atoms with E-state index in [9.17, 15) is 26.4 Å². The van der Waals surface area contributed by atoms with Gasteiger partial charge in [-0.2, -0.15) is 14.5 Å². The lowest BCUT2D eigenvalue weighted by atomic mass is 9.87. The van der Waals surface area contributed by atoms with Crippen molar-refractivity contribution in [3.63, 3.8) is 0 Å². The maximum Gasteiger partial charge on any atom is 0.338 e. The second-order valence-corrected chi connectivity index (χ2v) is 15.9. The first-order chi connectivity index (χ1) is 27.9. The molecule has 1 aliphatic heterocycles. The molecule has 10 nitrogen and oxygen atoms in total. The van der Waals surface area contributed by atoms with Crippen molar-refractivity contribution in [3.05, 3.63) is 154 Å². The summed E-state index contributed by atoms with van der Waals surface area (Å²) in [5, 5.41) is 8.81. The maximum absolute atomic E-state index is 15.1. The Morgan fingerprint density at radius 3 is 1.86 bits per heavy atom. The fourth-order valence-corrected chi connectivity index (χ4v) is 8.94. The van der Waals surface area contributed by atoms with Crippen LogP contribution >= 0.6 is 0 Å². The molecule has 0 bridgehead atoms. The Morgan fingerprint density at radius 1 is 0.724 bits per heavy atom. The Balaban J connectivity index is 1.27. The molecule has 1 saturated carbocycles. The van der Waals surface area contributed by atoms with E-state index < -0.39 is 74.8 Å². The summed E-state index contributed by atoms with van der Waals surface area (Å²) in [7, 11) is -5.66. The third-order valence-corrected chi connectivity index (χ3v) is 12.3. The Bertz CT molecular complexity index is 2360. The molecular weight excluding hydrogens is 784 g/mol. The number of carbonyl (C=O) groups excluding carboxylic acids is 2. The van der Waals surface area contributed by atoms with Crippen molar-refractivity contribution in [3.8, 4) is 0 Å². The number of amides is 1. The highest BCUT2D eigenvalue weighted by Gasteiger charge is 2.61. The number of sulfonamides is 1.